The molecule has 0 aromatic carbocycles. The first kappa shape index (κ1) is 11.1. The van der Waals surface area contributed by atoms with Gasteiger partial charge in [0.25, 0.3) is 0 Å². The van der Waals surface area contributed by atoms with Crippen LogP contribution in [-0.2, 0) is 4.79 Å². The van der Waals surface area contributed by atoms with Crippen LogP contribution >= 0.6 is 15.9 Å². The highest BCUT2D eigenvalue weighted by molar-refractivity contribution is 9.10. The summed E-state index contributed by atoms with van der Waals surface area (Å²) < 4.78 is 0.782. The molecule has 0 unspecified atom stereocenters. The van der Waals surface area contributed by atoms with Gasteiger partial charge in [0.2, 0.25) is 5.91 Å². The molecular weight excluding hydrogens is 246 g/mol. The number of carbonyl (C=O) groups excluding carboxylic acids is 1. The van der Waals surface area contributed by atoms with Crippen LogP contribution in [0.25, 0.3) is 0 Å². The average molecular weight is 258 g/mol. The van der Waals surface area contributed by atoms with Gasteiger partial charge in [-0.2, -0.15) is 0 Å². The highest BCUT2D eigenvalue weighted by Crippen LogP contribution is 2.17. The predicted molar refractivity (Wildman–Crippen MR) is 59.1 cm³/mol. The molecule has 0 radical (unpaired) electrons. The van der Waals surface area contributed by atoms with Crippen molar-refractivity contribution in [3.05, 3.63) is 22.8 Å². The number of nitrogens with one attached hydrogen (secondary N) is 2. The highest BCUT2D eigenvalue weighted by atomic mass is 79.9. The number of nitrogens with zero attached hydrogens (tertiary/aromatic N) is 1. The number of aromatic nitrogens is 1. The Morgan fingerprint density at radius 2 is 2.43 bits per heavy atom. The van der Waals surface area contributed by atoms with Gasteiger partial charge in [0.05, 0.1) is 11.0 Å². The van der Waals surface area contributed by atoms with Crippen molar-refractivity contribution < 1.29 is 4.79 Å². The fourth-order valence-corrected chi connectivity index (χ4v) is 1.25. The Hall–Kier alpha value is -0.940. The third-order valence-electron chi connectivity index (χ3n) is 1.55. The maximum absolute atomic E-state index is 11.3. The molecule has 76 valence electrons. The number of hydrogen-bond donors (Lipinski definition) is 2. The van der Waals surface area contributed by atoms with Gasteiger partial charge in [-0.25, -0.2) is 4.98 Å². The third-order valence-corrected chi connectivity index (χ3v) is 2.19. The van der Waals surface area contributed by atoms with E-state index in [9.17, 15) is 4.79 Å². The van der Waals surface area contributed by atoms with Crippen molar-refractivity contribution in [1.82, 2.24) is 10.3 Å². The lowest BCUT2D eigenvalue weighted by Gasteiger charge is -2.05. The first-order valence-electron chi connectivity index (χ1n) is 4.35. The molecule has 2 N–H and O–H groups in total. The van der Waals surface area contributed by atoms with Gasteiger partial charge in [0.15, 0.2) is 0 Å². The third kappa shape index (κ3) is 3.43. The SMILES string of the molecule is CCNCC(=O)Nc1ncccc1Br. The quantitative estimate of drug-likeness (QED) is 0.858. The molecule has 1 heterocycles. The van der Waals surface area contributed by atoms with Crippen molar-refractivity contribution in [2.24, 2.45) is 0 Å². The summed E-state index contributed by atoms with van der Waals surface area (Å²) in [5, 5.41) is 5.62. The topological polar surface area (TPSA) is 54.0 Å². The summed E-state index contributed by atoms with van der Waals surface area (Å²) in [6.07, 6.45) is 1.63. The van der Waals surface area contributed by atoms with Gasteiger partial charge in [-0.15, -0.1) is 0 Å². The zero-order valence-electron chi connectivity index (χ0n) is 7.88. The van der Waals surface area contributed by atoms with Crippen molar-refractivity contribution in [3.8, 4) is 0 Å². The standard InChI is InChI=1S/C9H12BrN3O/c1-2-11-6-8(14)13-9-7(10)4-3-5-12-9/h3-5,11H,2,6H2,1H3,(H,12,13,14). The maximum Gasteiger partial charge on any atom is 0.239 e. The van der Waals surface area contributed by atoms with Gasteiger partial charge in [0.1, 0.15) is 5.82 Å². The van der Waals surface area contributed by atoms with E-state index in [-0.39, 0.29) is 5.91 Å². The van der Waals surface area contributed by atoms with Gasteiger partial charge < -0.3 is 10.6 Å². The fourth-order valence-electron chi connectivity index (χ4n) is 0.892. The molecule has 1 aromatic heterocycles. The lowest BCUT2D eigenvalue weighted by molar-refractivity contribution is -0.115. The number of carbonyl (C=O) groups is 1. The van der Waals surface area contributed by atoms with E-state index in [2.05, 4.69) is 31.5 Å². The lowest BCUT2D eigenvalue weighted by Crippen LogP contribution is -2.28. The lowest BCUT2D eigenvalue weighted by atomic mass is 10.4. The Morgan fingerprint density at radius 3 is 3.07 bits per heavy atom. The molecule has 0 aliphatic heterocycles. The van der Waals surface area contributed by atoms with Crippen LogP contribution in [0, 0.1) is 0 Å². The molecule has 0 bridgehead atoms. The Kier molecular flexibility index (Phi) is 4.55. The normalized spacial score (nSPS) is 9.86. The van der Waals surface area contributed by atoms with Crippen LogP contribution < -0.4 is 10.6 Å². The monoisotopic (exact) mass is 257 g/mol. The molecule has 0 aliphatic carbocycles. The van der Waals surface area contributed by atoms with Crippen LogP contribution in [0.1, 0.15) is 6.92 Å². The minimum atomic E-state index is -0.0914. The number of amides is 1. The van der Waals surface area contributed by atoms with Crippen molar-refractivity contribution in [2.45, 2.75) is 6.92 Å². The molecule has 5 heteroatoms. The molecule has 0 spiro atoms. The summed E-state index contributed by atoms with van der Waals surface area (Å²) in [7, 11) is 0. The van der Waals surface area contributed by atoms with E-state index in [1.807, 2.05) is 13.0 Å². The summed E-state index contributed by atoms with van der Waals surface area (Å²) in [6, 6.07) is 3.62. The smallest absolute Gasteiger partial charge is 0.239 e. The molecule has 1 amide bonds. The molecule has 1 aromatic rings. The van der Waals surface area contributed by atoms with E-state index in [0.29, 0.717) is 12.4 Å². The Labute approximate surface area is 91.2 Å². The second-order valence-electron chi connectivity index (χ2n) is 2.66. The van der Waals surface area contributed by atoms with Gasteiger partial charge in [-0.1, -0.05) is 6.92 Å². The molecule has 0 atom stereocenters. The molecule has 0 saturated carbocycles. The van der Waals surface area contributed by atoms with Crippen molar-refractivity contribution in [1.29, 1.82) is 0 Å². The van der Waals surface area contributed by atoms with Crippen molar-refractivity contribution in [2.75, 3.05) is 18.4 Å². The Bertz CT molecular complexity index is 317. The molecule has 0 fully saturated rings. The molecular formula is C9H12BrN3O. The zero-order valence-corrected chi connectivity index (χ0v) is 9.47. The Morgan fingerprint density at radius 1 is 1.64 bits per heavy atom. The van der Waals surface area contributed by atoms with E-state index < -0.39 is 0 Å². The van der Waals surface area contributed by atoms with Crippen LogP contribution in [0.3, 0.4) is 0 Å². The zero-order chi connectivity index (χ0) is 10.4. The van der Waals surface area contributed by atoms with Crippen molar-refractivity contribution in [3.63, 3.8) is 0 Å². The summed E-state index contributed by atoms with van der Waals surface area (Å²) in [4.78, 5) is 15.3. The van der Waals surface area contributed by atoms with Crippen LogP contribution in [-0.4, -0.2) is 24.0 Å². The second kappa shape index (κ2) is 5.72. The fraction of sp³-hybridized carbons (Fsp3) is 0.333. The summed E-state index contributed by atoms with van der Waals surface area (Å²) in [6.45, 7) is 3.03. The maximum atomic E-state index is 11.3. The Balaban J connectivity index is 2.52. The summed E-state index contributed by atoms with van der Waals surface area (Å²) in [5.74, 6) is 0.460. The number of pyridine rings is 1. The van der Waals surface area contributed by atoms with Gasteiger partial charge in [-0.3, -0.25) is 4.79 Å². The van der Waals surface area contributed by atoms with Gasteiger partial charge in [-0.05, 0) is 34.6 Å². The van der Waals surface area contributed by atoms with Crippen LogP contribution in [0.4, 0.5) is 5.82 Å². The van der Waals surface area contributed by atoms with Crippen LogP contribution in [0.2, 0.25) is 0 Å². The first-order valence-corrected chi connectivity index (χ1v) is 5.14. The van der Waals surface area contributed by atoms with Crippen LogP contribution in [0.5, 0.6) is 0 Å². The number of likely N-dealkylation sites (N-methyl/N-ethyl adjacent to an activating group) is 1. The van der Waals surface area contributed by atoms with Gasteiger partial charge >= 0.3 is 0 Å². The number of rotatable bonds is 4. The molecule has 4 nitrogen and oxygen atoms in total. The first-order chi connectivity index (χ1) is 6.74. The minimum absolute atomic E-state index is 0.0914. The molecule has 14 heavy (non-hydrogen) atoms. The largest absolute Gasteiger partial charge is 0.309 e. The minimum Gasteiger partial charge on any atom is -0.309 e. The van der Waals surface area contributed by atoms with Crippen LogP contribution in [0.15, 0.2) is 22.8 Å². The van der Waals surface area contributed by atoms with E-state index in [1.165, 1.54) is 0 Å². The van der Waals surface area contributed by atoms with Gasteiger partial charge in [0, 0.05) is 6.20 Å². The summed E-state index contributed by atoms with van der Waals surface area (Å²) >= 11 is 3.30. The van der Waals surface area contributed by atoms with E-state index in [0.717, 1.165) is 11.0 Å². The average Bonchev–Trinajstić information content (AvgIpc) is 2.18. The van der Waals surface area contributed by atoms with E-state index >= 15 is 0 Å². The molecule has 0 saturated heterocycles. The van der Waals surface area contributed by atoms with E-state index in [4.69, 9.17) is 0 Å². The number of hydrogen-bond acceptors (Lipinski definition) is 3. The van der Waals surface area contributed by atoms with E-state index in [1.54, 1.807) is 12.3 Å². The number of halogens is 1. The summed E-state index contributed by atoms with van der Waals surface area (Å²) in [5.41, 5.74) is 0. The number of anilines is 1. The second-order valence-corrected chi connectivity index (χ2v) is 3.52. The molecule has 1 rings (SSSR count). The highest BCUT2D eigenvalue weighted by Gasteiger charge is 2.04. The predicted octanol–water partition coefficient (Wildman–Crippen LogP) is 1.39. The molecule has 0 aliphatic rings. The van der Waals surface area contributed by atoms with Crippen molar-refractivity contribution >= 4 is 27.7 Å².